The van der Waals surface area contributed by atoms with Gasteiger partial charge in [0.1, 0.15) is 0 Å². The number of likely N-dealkylation sites (tertiary alicyclic amines) is 1. The second kappa shape index (κ2) is 4.56. The first-order valence-electron chi connectivity index (χ1n) is 6.45. The maximum absolute atomic E-state index is 12.3. The minimum Gasteiger partial charge on any atom is -0.398 e. The first-order valence-corrected chi connectivity index (χ1v) is 7.33. The summed E-state index contributed by atoms with van der Waals surface area (Å²) in [6.45, 7) is 1.94. The van der Waals surface area contributed by atoms with Crippen LogP contribution in [0.1, 0.15) is 24.8 Å². The van der Waals surface area contributed by atoms with Gasteiger partial charge in [-0.2, -0.15) is 0 Å². The molecule has 0 spiro atoms. The number of nitrogen functional groups attached to an aromatic ring is 1. The largest absolute Gasteiger partial charge is 0.398 e. The maximum atomic E-state index is 12.3. The molecule has 2 fully saturated rings. The number of rotatable bonds is 3. The second-order valence-corrected chi connectivity index (χ2v) is 6.36. The van der Waals surface area contributed by atoms with E-state index in [1.54, 1.807) is 0 Å². The zero-order chi connectivity index (χ0) is 13.6. The molecule has 1 saturated carbocycles. The number of benzene rings is 1. The van der Waals surface area contributed by atoms with Gasteiger partial charge in [0, 0.05) is 23.0 Å². The maximum Gasteiger partial charge on any atom is 0.243 e. The fourth-order valence-electron chi connectivity index (χ4n) is 2.34. The third-order valence-corrected chi connectivity index (χ3v) is 5.00. The summed E-state index contributed by atoms with van der Waals surface area (Å²) in [6, 6.07) is 5.85. The van der Waals surface area contributed by atoms with Crippen molar-refractivity contribution in [1.82, 2.24) is 4.90 Å². The Labute approximate surface area is 116 Å². The number of thioether (sulfide) groups is 1. The molecule has 1 aromatic rings. The molecule has 0 radical (unpaired) electrons. The third kappa shape index (κ3) is 2.23. The smallest absolute Gasteiger partial charge is 0.243 e. The Balaban J connectivity index is 1.79. The zero-order valence-corrected chi connectivity index (χ0v) is 11.6. The Bertz CT molecular complexity index is 554. The monoisotopic (exact) mass is 276 g/mol. The van der Waals surface area contributed by atoms with Crippen LogP contribution in [0.5, 0.6) is 0 Å². The van der Waals surface area contributed by atoms with Crippen LogP contribution >= 0.6 is 11.8 Å². The van der Waals surface area contributed by atoms with Gasteiger partial charge in [-0.1, -0.05) is 6.07 Å². The molecule has 2 aliphatic rings. The molecule has 3 rings (SSSR count). The molecule has 0 bridgehead atoms. The van der Waals surface area contributed by atoms with Crippen LogP contribution in [-0.4, -0.2) is 28.0 Å². The van der Waals surface area contributed by atoms with Crippen LogP contribution in [0.2, 0.25) is 0 Å². The van der Waals surface area contributed by atoms with Gasteiger partial charge in [0.15, 0.2) is 0 Å². The van der Waals surface area contributed by atoms with Gasteiger partial charge >= 0.3 is 0 Å². The number of carbonyl (C=O) groups excluding carboxylic acids is 2. The lowest BCUT2D eigenvalue weighted by molar-refractivity contribution is -0.138. The summed E-state index contributed by atoms with van der Waals surface area (Å²) in [7, 11) is 0. The highest BCUT2D eigenvalue weighted by Gasteiger charge is 2.46. The van der Waals surface area contributed by atoms with Crippen molar-refractivity contribution in [2.45, 2.75) is 42.4 Å². The average Bonchev–Trinajstić information content (AvgIpc) is 3.14. The lowest BCUT2D eigenvalue weighted by Crippen LogP contribution is -2.33. The van der Waals surface area contributed by atoms with Crippen LogP contribution in [-0.2, 0) is 9.59 Å². The summed E-state index contributed by atoms with van der Waals surface area (Å²) in [5, 5.41) is -0.284. The van der Waals surface area contributed by atoms with Gasteiger partial charge in [0.2, 0.25) is 11.8 Å². The average molecular weight is 276 g/mol. The molecule has 1 saturated heterocycles. The molecule has 5 heteroatoms. The third-order valence-electron chi connectivity index (χ3n) is 3.65. The van der Waals surface area contributed by atoms with Gasteiger partial charge in [-0.05, 0) is 37.5 Å². The number of nitrogens with zero attached hydrogens (tertiary/aromatic N) is 1. The first-order chi connectivity index (χ1) is 9.08. The van der Waals surface area contributed by atoms with Crippen molar-refractivity contribution in [3.63, 3.8) is 0 Å². The van der Waals surface area contributed by atoms with Crippen LogP contribution < -0.4 is 5.73 Å². The Kier molecular flexibility index (Phi) is 3.01. The van der Waals surface area contributed by atoms with E-state index in [0.29, 0.717) is 6.42 Å². The highest BCUT2D eigenvalue weighted by molar-refractivity contribution is 8.00. The van der Waals surface area contributed by atoms with E-state index in [1.165, 1.54) is 16.7 Å². The molecule has 1 atom stereocenters. The molecule has 4 nitrogen and oxygen atoms in total. The molecular formula is C14H16N2O2S. The second-order valence-electron chi connectivity index (χ2n) is 5.11. The SMILES string of the molecule is Cc1c(N)cccc1SC1CC(=O)N(C2CC2)C1=O. The number of hydrogen-bond acceptors (Lipinski definition) is 4. The summed E-state index contributed by atoms with van der Waals surface area (Å²) in [6.07, 6.45) is 2.24. The summed E-state index contributed by atoms with van der Waals surface area (Å²) in [5.74, 6) is -0.0501. The Morgan fingerprint density at radius 2 is 2.05 bits per heavy atom. The molecule has 19 heavy (non-hydrogen) atoms. The summed E-state index contributed by atoms with van der Waals surface area (Å²) >= 11 is 1.46. The van der Waals surface area contributed by atoms with Crippen molar-refractivity contribution < 1.29 is 9.59 Å². The van der Waals surface area contributed by atoms with Crippen molar-refractivity contribution in [3.8, 4) is 0 Å². The minimum atomic E-state index is -0.284. The predicted molar refractivity (Wildman–Crippen MR) is 74.7 cm³/mol. The topological polar surface area (TPSA) is 63.4 Å². The number of amides is 2. The Hall–Kier alpha value is -1.49. The highest BCUT2D eigenvalue weighted by Crippen LogP contribution is 2.38. The van der Waals surface area contributed by atoms with Crippen molar-refractivity contribution in [2.75, 3.05) is 5.73 Å². The molecule has 2 N–H and O–H groups in total. The normalized spacial score (nSPS) is 23.2. The van der Waals surface area contributed by atoms with Crippen LogP contribution in [0.4, 0.5) is 5.69 Å². The lowest BCUT2D eigenvalue weighted by atomic mass is 10.2. The molecule has 1 unspecified atom stereocenters. The number of hydrogen-bond donors (Lipinski definition) is 1. The van der Waals surface area contributed by atoms with Crippen LogP contribution in [0.3, 0.4) is 0 Å². The Morgan fingerprint density at radius 3 is 2.74 bits per heavy atom. The fourth-order valence-corrected chi connectivity index (χ4v) is 3.54. The quantitative estimate of drug-likeness (QED) is 0.677. The predicted octanol–water partition coefficient (Wildman–Crippen LogP) is 1.96. The highest BCUT2D eigenvalue weighted by atomic mass is 32.2. The van der Waals surface area contributed by atoms with E-state index in [2.05, 4.69) is 0 Å². The van der Waals surface area contributed by atoms with Crippen LogP contribution in [0, 0.1) is 6.92 Å². The summed E-state index contributed by atoms with van der Waals surface area (Å²) in [5.41, 5.74) is 7.57. The van der Waals surface area contributed by atoms with Gasteiger partial charge in [0.05, 0.1) is 5.25 Å². The van der Waals surface area contributed by atoms with Crippen molar-refractivity contribution in [1.29, 1.82) is 0 Å². The summed E-state index contributed by atoms with van der Waals surface area (Å²) in [4.78, 5) is 26.6. The number of imide groups is 1. The van der Waals surface area contributed by atoms with E-state index in [9.17, 15) is 9.59 Å². The number of carbonyl (C=O) groups is 2. The minimum absolute atomic E-state index is 0.0217. The standard InChI is InChI=1S/C14H16N2O2S/c1-8-10(15)3-2-4-11(8)19-12-7-13(17)16(14(12)18)9-5-6-9/h2-4,9,12H,5-7,15H2,1H3. The van der Waals surface area contributed by atoms with E-state index in [-0.39, 0.29) is 23.1 Å². The van der Waals surface area contributed by atoms with Crippen molar-refractivity contribution in [2.24, 2.45) is 0 Å². The van der Waals surface area contributed by atoms with E-state index >= 15 is 0 Å². The molecule has 100 valence electrons. The van der Waals surface area contributed by atoms with E-state index < -0.39 is 0 Å². The summed E-state index contributed by atoms with van der Waals surface area (Å²) < 4.78 is 0. The van der Waals surface area contributed by atoms with Crippen LogP contribution in [0.15, 0.2) is 23.1 Å². The number of nitrogens with two attached hydrogens (primary N) is 1. The van der Waals surface area contributed by atoms with Gasteiger partial charge < -0.3 is 5.73 Å². The molecule has 1 aliphatic carbocycles. The van der Waals surface area contributed by atoms with E-state index in [1.807, 2.05) is 25.1 Å². The molecule has 2 amide bonds. The molecule has 1 aliphatic heterocycles. The van der Waals surface area contributed by atoms with Gasteiger partial charge in [-0.3, -0.25) is 14.5 Å². The van der Waals surface area contributed by atoms with Crippen molar-refractivity contribution in [3.05, 3.63) is 23.8 Å². The van der Waals surface area contributed by atoms with E-state index in [4.69, 9.17) is 5.73 Å². The first kappa shape index (κ1) is 12.5. The van der Waals surface area contributed by atoms with E-state index in [0.717, 1.165) is 29.0 Å². The molecule has 0 aromatic heterocycles. The van der Waals surface area contributed by atoms with Gasteiger partial charge in [0.25, 0.3) is 0 Å². The van der Waals surface area contributed by atoms with Gasteiger partial charge in [-0.15, -0.1) is 11.8 Å². The van der Waals surface area contributed by atoms with Crippen LogP contribution in [0.25, 0.3) is 0 Å². The number of anilines is 1. The molecule has 1 aromatic carbocycles. The Morgan fingerprint density at radius 1 is 1.32 bits per heavy atom. The zero-order valence-electron chi connectivity index (χ0n) is 10.8. The lowest BCUT2D eigenvalue weighted by Gasteiger charge is -2.14. The van der Waals surface area contributed by atoms with Gasteiger partial charge in [-0.25, -0.2) is 0 Å². The van der Waals surface area contributed by atoms with Crippen molar-refractivity contribution >= 4 is 29.3 Å². The fraction of sp³-hybridized carbons (Fsp3) is 0.429. The molecular weight excluding hydrogens is 260 g/mol. The molecule has 1 heterocycles.